The number of hydrogen-bond donors (Lipinski definition) is 1. The van der Waals surface area contributed by atoms with Crippen molar-refractivity contribution in [1.29, 1.82) is 0 Å². The van der Waals surface area contributed by atoms with E-state index in [1.165, 1.54) is 5.56 Å². The summed E-state index contributed by atoms with van der Waals surface area (Å²) in [5.41, 5.74) is 7.58. The summed E-state index contributed by atoms with van der Waals surface area (Å²) in [6.07, 6.45) is 1.05. The molecule has 1 rings (SSSR count). The lowest BCUT2D eigenvalue weighted by atomic mass is 9.85. The first-order chi connectivity index (χ1) is 6.52. The maximum atomic E-state index is 6.29. The first-order valence-electron chi connectivity index (χ1n) is 4.97. The van der Waals surface area contributed by atoms with Gasteiger partial charge in [-0.25, -0.2) is 0 Å². The van der Waals surface area contributed by atoms with Gasteiger partial charge in [0.05, 0.1) is 0 Å². The predicted octanol–water partition coefficient (Wildman–Crippen LogP) is 2.48. The van der Waals surface area contributed by atoms with Gasteiger partial charge in [0.2, 0.25) is 0 Å². The molecule has 0 aliphatic carbocycles. The Morgan fingerprint density at radius 3 is 2.57 bits per heavy atom. The molecule has 0 aromatic carbocycles. The highest BCUT2D eigenvalue weighted by molar-refractivity contribution is 7.07. The lowest BCUT2D eigenvalue weighted by Crippen LogP contribution is -2.49. The van der Waals surface area contributed by atoms with Crippen LogP contribution in [0.15, 0.2) is 16.8 Å². The van der Waals surface area contributed by atoms with Gasteiger partial charge in [0.15, 0.2) is 0 Å². The van der Waals surface area contributed by atoms with E-state index in [9.17, 15) is 0 Å². The van der Waals surface area contributed by atoms with Crippen molar-refractivity contribution in [1.82, 2.24) is 4.90 Å². The Bertz CT molecular complexity index is 269. The van der Waals surface area contributed by atoms with E-state index in [2.05, 4.69) is 49.7 Å². The minimum atomic E-state index is 0.0427. The first kappa shape index (κ1) is 11.7. The van der Waals surface area contributed by atoms with Crippen LogP contribution in [0.1, 0.15) is 31.9 Å². The Morgan fingerprint density at radius 1 is 1.57 bits per heavy atom. The summed E-state index contributed by atoms with van der Waals surface area (Å²) in [7, 11) is 4.19. The molecule has 0 aliphatic rings. The predicted molar refractivity (Wildman–Crippen MR) is 63.6 cm³/mol. The van der Waals surface area contributed by atoms with Gasteiger partial charge >= 0.3 is 0 Å². The third-order valence-corrected chi connectivity index (χ3v) is 4.01. The van der Waals surface area contributed by atoms with Gasteiger partial charge in [0.1, 0.15) is 0 Å². The van der Waals surface area contributed by atoms with Crippen LogP contribution in [0.2, 0.25) is 0 Å². The second-order valence-corrected chi connectivity index (χ2v) is 4.92. The van der Waals surface area contributed by atoms with Crippen LogP contribution in [0.5, 0.6) is 0 Å². The molecular weight excluding hydrogens is 192 g/mol. The van der Waals surface area contributed by atoms with E-state index < -0.39 is 0 Å². The fraction of sp³-hybridized carbons (Fsp3) is 0.636. The summed E-state index contributed by atoms with van der Waals surface area (Å²) in [6.45, 7) is 4.40. The van der Waals surface area contributed by atoms with Gasteiger partial charge in [-0.15, -0.1) is 0 Å². The molecule has 0 amide bonds. The molecule has 2 unspecified atom stereocenters. The zero-order chi connectivity index (χ0) is 10.8. The fourth-order valence-corrected chi connectivity index (χ4v) is 2.32. The van der Waals surface area contributed by atoms with Crippen LogP contribution in [0, 0.1) is 0 Å². The van der Waals surface area contributed by atoms with Gasteiger partial charge in [-0.05, 0) is 49.8 Å². The lowest BCUT2D eigenvalue weighted by molar-refractivity contribution is 0.132. The monoisotopic (exact) mass is 212 g/mol. The molecule has 1 heterocycles. The van der Waals surface area contributed by atoms with E-state index in [0.717, 1.165) is 6.42 Å². The van der Waals surface area contributed by atoms with E-state index in [0.29, 0.717) is 0 Å². The lowest BCUT2D eigenvalue weighted by Gasteiger charge is -2.40. The molecule has 1 aromatic rings. The SMILES string of the molecule is CCC(C)(C(N)c1ccsc1)N(C)C. The molecule has 2 N–H and O–H groups in total. The topological polar surface area (TPSA) is 29.3 Å². The highest BCUT2D eigenvalue weighted by atomic mass is 32.1. The van der Waals surface area contributed by atoms with Crippen LogP contribution < -0.4 is 5.73 Å². The molecule has 0 saturated heterocycles. The van der Waals surface area contributed by atoms with Crippen molar-refractivity contribution in [2.75, 3.05) is 14.1 Å². The second-order valence-electron chi connectivity index (χ2n) is 4.14. The van der Waals surface area contributed by atoms with Crippen molar-refractivity contribution in [3.8, 4) is 0 Å². The molecule has 0 spiro atoms. The van der Waals surface area contributed by atoms with Crippen molar-refractivity contribution >= 4 is 11.3 Å². The van der Waals surface area contributed by atoms with Gasteiger partial charge < -0.3 is 10.6 Å². The summed E-state index contributed by atoms with van der Waals surface area (Å²) < 4.78 is 0. The molecule has 80 valence electrons. The normalized spacial score (nSPS) is 18.1. The Labute approximate surface area is 90.7 Å². The molecule has 0 fully saturated rings. The molecular formula is C11H20N2S. The minimum Gasteiger partial charge on any atom is -0.322 e. The van der Waals surface area contributed by atoms with Crippen LogP contribution in [0.3, 0.4) is 0 Å². The number of nitrogens with zero attached hydrogens (tertiary/aromatic N) is 1. The maximum absolute atomic E-state index is 6.29. The zero-order valence-corrected chi connectivity index (χ0v) is 10.3. The van der Waals surface area contributed by atoms with Gasteiger partial charge in [-0.3, -0.25) is 0 Å². The first-order valence-corrected chi connectivity index (χ1v) is 5.91. The number of hydrogen-bond acceptors (Lipinski definition) is 3. The number of nitrogens with two attached hydrogens (primary N) is 1. The molecule has 2 atom stereocenters. The van der Waals surface area contributed by atoms with E-state index in [1.807, 2.05) is 0 Å². The molecule has 0 radical (unpaired) electrons. The van der Waals surface area contributed by atoms with E-state index in [-0.39, 0.29) is 11.6 Å². The quantitative estimate of drug-likeness (QED) is 0.831. The minimum absolute atomic E-state index is 0.0427. The third kappa shape index (κ3) is 2.00. The van der Waals surface area contributed by atoms with E-state index in [1.54, 1.807) is 11.3 Å². The Hall–Kier alpha value is -0.380. The summed E-state index contributed by atoms with van der Waals surface area (Å²) in [4.78, 5) is 2.22. The van der Waals surface area contributed by atoms with Crippen LogP contribution >= 0.6 is 11.3 Å². The van der Waals surface area contributed by atoms with Crippen LogP contribution in [0.4, 0.5) is 0 Å². The highest BCUT2D eigenvalue weighted by Crippen LogP contribution is 2.31. The largest absolute Gasteiger partial charge is 0.322 e. The van der Waals surface area contributed by atoms with E-state index >= 15 is 0 Å². The van der Waals surface area contributed by atoms with Crippen LogP contribution in [-0.2, 0) is 0 Å². The molecule has 0 aliphatic heterocycles. The molecule has 0 saturated carbocycles. The molecule has 3 heteroatoms. The number of thiophene rings is 1. The van der Waals surface area contributed by atoms with Crippen LogP contribution in [0.25, 0.3) is 0 Å². The van der Waals surface area contributed by atoms with Crippen molar-refractivity contribution in [2.45, 2.75) is 31.8 Å². The standard InChI is InChI=1S/C11H20N2S/c1-5-11(2,13(3)4)10(12)9-6-7-14-8-9/h6-8,10H,5,12H2,1-4H3. The molecule has 1 aromatic heterocycles. The maximum Gasteiger partial charge on any atom is 0.0487 e. The van der Waals surface area contributed by atoms with E-state index in [4.69, 9.17) is 5.73 Å². The van der Waals surface area contributed by atoms with Gasteiger partial charge in [-0.2, -0.15) is 11.3 Å². The highest BCUT2D eigenvalue weighted by Gasteiger charge is 2.33. The number of likely N-dealkylation sites (N-methyl/N-ethyl adjacent to an activating group) is 1. The summed E-state index contributed by atoms with van der Waals surface area (Å²) in [6, 6.07) is 2.21. The molecule has 0 bridgehead atoms. The smallest absolute Gasteiger partial charge is 0.0487 e. The van der Waals surface area contributed by atoms with Gasteiger partial charge in [0, 0.05) is 11.6 Å². The molecule has 14 heavy (non-hydrogen) atoms. The molecule has 2 nitrogen and oxygen atoms in total. The second kappa shape index (κ2) is 4.43. The van der Waals surface area contributed by atoms with Gasteiger partial charge in [-0.1, -0.05) is 6.92 Å². The summed E-state index contributed by atoms with van der Waals surface area (Å²) in [5, 5.41) is 4.23. The van der Waals surface area contributed by atoms with Crippen LogP contribution in [-0.4, -0.2) is 24.5 Å². The third-order valence-electron chi connectivity index (χ3n) is 3.31. The summed E-state index contributed by atoms with van der Waals surface area (Å²) in [5.74, 6) is 0. The summed E-state index contributed by atoms with van der Waals surface area (Å²) >= 11 is 1.71. The fourth-order valence-electron chi connectivity index (χ4n) is 1.63. The Kier molecular flexibility index (Phi) is 3.70. The number of rotatable bonds is 4. The van der Waals surface area contributed by atoms with Crippen molar-refractivity contribution in [3.63, 3.8) is 0 Å². The average molecular weight is 212 g/mol. The van der Waals surface area contributed by atoms with Crippen molar-refractivity contribution in [3.05, 3.63) is 22.4 Å². The van der Waals surface area contributed by atoms with Crippen molar-refractivity contribution in [2.24, 2.45) is 5.73 Å². The average Bonchev–Trinajstić information content (AvgIpc) is 2.67. The Morgan fingerprint density at radius 2 is 2.21 bits per heavy atom. The van der Waals surface area contributed by atoms with Crippen molar-refractivity contribution < 1.29 is 0 Å². The Balaban J connectivity index is 2.90. The zero-order valence-electron chi connectivity index (χ0n) is 9.45. The van der Waals surface area contributed by atoms with Gasteiger partial charge in [0.25, 0.3) is 0 Å².